The molecule has 2 rings (SSSR count). The SMILES string of the molecule is COc1ccccc1CNC(=O)c1cc(C)ccc1OC. The molecule has 110 valence electrons. The van der Waals surface area contributed by atoms with Crippen LogP contribution in [0.4, 0.5) is 0 Å². The van der Waals surface area contributed by atoms with Gasteiger partial charge in [0, 0.05) is 12.1 Å². The lowest BCUT2D eigenvalue weighted by Crippen LogP contribution is -2.23. The van der Waals surface area contributed by atoms with Crippen LogP contribution < -0.4 is 14.8 Å². The first-order valence-corrected chi connectivity index (χ1v) is 6.70. The summed E-state index contributed by atoms with van der Waals surface area (Å²) in [7, 11) is 3.17. The molecule has 1 N–H and O–H groups in total. The zero-order valence-electron chi connectivity index (χ0n) is 12.5. The Morgan fingerprint density at radius 3 is 2.48 bits per heavy atom. The Morgan fingerprint density at radius 2 is 1.76 bits per heavy atom. The van der Waals surface area contributed by atoms with Crippen LogP contribution in [0.25, 0.3) is 0 Å². The Kier molecular flexibility index (Phi) is 4.82. The molecule has 0 saturated heterocycles. The number of amides is 1. The second kappa shape index (κ2) is 6.79. The average molecular weight is 285 g/mol. The van der Waals surface area contributed by atoms with Gasteiger partial charge >= 0.3 is 0 Å². The quantitative estimate of drug-likeness (QED) is 0.918. The Hall–Kier alpha value is -2.49. The molecule has 4 nitrogen and oxygen atoms in total. The van der Waals surface area contributed by atoms with Crippen LogP contribution in [0, 0.1) is 6.92 Å². The lowest BCUT2D eigenvalue weighted by atomic mass is 10.1. The highest BCUT2D eigenvalue weighted by atomic mass is 16.5. The number of rotatable bonds is 5. The standard InChI is InChI=1S/C17H19NO3/c1-12-8-9-16(21-3)14(10-12)17(19)18-11-13-6-4-5-7-15(13)20-2/h4-10H,11H2,1-3H3,(H,18,19). The fourth-order valence-corrected chi connectivity index (χ4v) is 2.12. The highest BCUT2D eigenvalue weighted by Gasteiger charge is 2.12. The molecule has 0 spiro atoms. The predicted molar refractivity (Wildman–Crippen MR) is 81.9 cm³/mol. The minimum atomic E-state index is -0.165. The van der Waals surface area contributed by atoms with Crippen molar-refractivity contribution in [2.24, 2.45) is 0 Å². The van der Waals surface area contributed by atoms with Crippen LogP contribution in [0.3, 0.4) is 0 Å². The molecule has 21 heavy (non-hydrogen) atoms. The monoisotopic (exact) mass is 285 g/mol. The van der Waals surface area contributed by atoms with Crippen molar-refractivity contribution in [2.75, 3.05) is 14.2 Å². The average Bonchev–Trinajstić information content (AvgIpc) is 2.52. The first kappa shape index (κ1) is 14.9. The summed E-state index contributed by atoms with van der Waals surface area (Å²) in [6.45, 7) is 2.34. The van der Waals surface area contributed by atoms with Crippen molar-refractivity contribution >= 4 is 5.91 Å². The Morgan fingerprint density at radius 1 is 1.05 bits per heavy atom. The molecule has 0 saturated carbocycles. The zero-order chi connectivity index (χ0) is 15.2. The van der Waals surface area contributed by atoms with E-state index in [0.29, 0.717) is 17.9 Å². The molecule has 0 unspecified atom stereocenters. The van der Waals surface area contributed by atoms with Gasteiger partial charge in [0.25, 0.3) is 5.91 Å². The Bertz CT molecular complexity index is 638. The second-order valence-corrected chi connectivity index (χ2v) is 4.70. The van der Waals surface area contributed by atoms with Gasteiger partial charge in [0.1, 0.15) is 11.5 Å². The molecule has 0 fully saturated rings. The van der Waals surface area contributed by atoms with Crippen LogP contribution >= 0.6 is 0 Å². The maximum atomic E-state index is 12.3. The van der Waals surface area contributed by atoms with E-state index in [9.17, 15) is 4.79 Å². The van der Waals surface area contributed by atoms with Gasteiger partial charge in [0.2, 0.25) is 0 Å². The molecule has 4 heteroatoms. The minimum absolute atomic E-state index is 0.165. The predicted octanol–water partition coefficient (Wildman–Crippen LogP) is 2.94. The van der Waals surface area contributed by atoms with Gasteiger partial charge < -0.3 is 14.8 Å². The van der Waals surface area contributed by atoms with Crippen LogP contribution in [0.15, 0.2) is 42.5 Å². The van der Waals surface area contributed by atoms with Gasteiger partial charge in [-0.25, -0.2) is 0 Å². The third kappa shape index (κ3) is 3.54. The molecule has 2 aromatic carbocycles. The van der Waals surface area contributed by atoms with E-state index in [-0.39, 0.29) is 5.91 Å². The Labute approximate surface area is 124 Å². The van der Waals surface area contributed by atoms with E-state index in [1.165, 1.54) is 0 Å². The van der Waals surface area contributed by atoms with E-state index in [4.69, 9.17) is 9.47 Å². The van der Waals surface area contributed by atoms with E-state index in [0.717, 1.165) is 16.9 Å². The molecule has 0 radical (unpaired) electrons. The summed E-state index contributed by atoms with van der Waals surface area (Å²) in [5.41, 5.74) is 2.48. The van der Waals surface area contributed by atoms with Gasteiger partial charge in [-0.3, -0.25) is 4.79 Å². The van der Waals surface area contributed by atoms with Crippen molar-refractivity contribution in [1.29, 1.82) is 0 Å². The first-order valence-electron chi connectivity index (χ1n) is 6.70. The van der Waals surface area contributed by atoms with E-state index in [2.05, 4.69) is 5.32 Å². The van der Waals surface area contributed by atoms with E-state index >= 15 is 0 Å². The summed E-state index contributed by atoms with van der Waals surface area (Å²) in [5.74, 6) is 1.16. The van der Waals surface area contributed by atoms with Crippen LogP contribution in [0.2, 0.25) is 0 Å². The smallest absolute Gasteiger partial charge is 0.255 e. The topological polar surface area (TPSA) is 47.6 Å². The van der Waals surface area contributed by atoms with Crippen molar-refractivity contribution in [1.82, 2.24) is 5.32 Å². The fraction of sp³-hybridized carbons (Fsp3) is 0.235. The van der Waals surface area contributed by atoms with Crippen molar-refractivity contribution in [2.45, 2.75) is 13.5 Å². The summed E-state index contributed by atoms with van der Waals surface area (Å²) in [5, 5.41) is 2.89. The van der Waals surface area contributed by atoms with Crippen LogP contribution in [0.1, 0.15) is 21.5 Å². The van der Waals surface area contributed by atoms with Crippen molar-refractivity contribution in [3.05, 3.63) is 59.2 Å². The lowest BCUT2D eigenvalue weighted by molar-refractivity contribution is 0.0947. The van der Waals surface area contributed by atoms with Crippen molar-refractivity contribution in [3.63, 3.8) is 0 Å². The van der Waals surface area contributed by atoms with Gasteiger partial charge in [-0.05, 0) is 25.1 Å². The van der Waals surface area contributed by atoms with Gasteiger partial charge in [0.15, 0.2) is 0 Å². The van der Waals surface area contributed by atoms with E-state index in [1.54, 1.807) is 20.3 Å². The van der Waals surface area contributed by atoms with E-state index < -0.39 is 0 Å². The number of benzene rings is 2. The molecular weight excluding hydrogens is 266 g/mol. The third-order valence-electron chi connectivity index (χ3n) is 3.23. The maximum absolute atomic E-state index is 12.3. The van der Waals surface area contributed by atoms with Crippen molar-refractivity contribution in [3.8, 4) is 11.5 Å². The highest BCUT2D eigenvalue weighted by Crippen LogP contribution is 2.20. The Balaban J connectivity index is 2.13. The number of aryl methyl sites for hydroxylation is 1. The molecule has 0 heterocycles. The summed E-state index contributed by atoms with van der Waals surface area (Å²) < 4.78 is 10.5. The molecule has 0 bridgehead atoms. The third-order valence-corrected chi connectivity index (χ3v) is 3.23. The van der Waals surface area contributed by atoms with Gasteiger partial charge in [-0.1, -0.05) is 29.8 Å². The number of ether oxygens (including phenoxy) is 2. The number of nitrogens with one attached hydrogen (secondary N) is 1. The van der Waals surface area contributed by atoms with E-state index in [1.807, 2.05) is 43.3 Å². The van der Waals surface area contributed by atoms with Crippen LogP contribution in [0.5, 0.6) is 11.5 Å². The first-order chi connectivity index (χ1) is 10.2. The van der Waals surface area contributed by atoms with Crippen molar-refractivity contribution < 1.29 is 14.3 Å². The number of para-hydroxylation sites is 1. The zero-order valence-corrected chi connectivity index (χ0v) is 12.5. The largest absolute Gasteiger partial charge is 0.496 e. The molecule has 0 aromatic heterocycles. The normalized spacial score (nSPS) is 10.0. The number of carbonyl (C=O) groups is 1. The summed E-state index contributed by atoms with van der Waals surface area (Å²) in [6, 6.07) is 13.1. The van der Waals surface area contributed by atoms with Gasteiger partial charge in [-0.2, -0.15) is 0 Å². The lowest BCUT2D eigenvalue weighted by Gasteiger charge is -2.12. The molecule has 0 aliphatic carbocycles. The number of hydrogen-bond acceptors (Lipinski definition) is 3. The molecular formula is C17H19NO3. The highest BCUT2D eigenvalue weighted by molar-refractivity contribution is 5.97. The van der Waals surface area contributed by atoms with Gasteiger partial charge in [0.05, 0.1) is 19.8 Å². The number of methoxy groups -OCH3 is 2. The molecule has 1 amide bonds. The van der Waals surface area contributed by atoms with Crippen LogP contribution in [-0.4, -0.2) is 20.1 Å². The minimum Gasteiger partial charge on any atom is -0.496 e. The molecule has 0 atom stereocenters. The summed E-state index contributed by atoms with van der Waals surface area (Å²) >= 11 is 0. The summed E-state index contributed by atoms with van der Waals surface area (Å²) in [4.78, 5) is 12.3. The number of hydrogen-bond donors (Lipinski definition) is 1. The van der Waals surface area contributed by atoms with Gasteiger partial charge in [-0.15, -0.1) is 0 Å². The maximum Gasteiger partial charge on any atom is 0.255 e. The fourth-order valence-electron chi connectivity index (χ4n) is 2.12. The number of carbonyl (C=O) groups excluding carboxylic acids is 1. The molecule has 0 aliphatic rings. The summed E-state index contributed by atoms with van der Waals surface area (Å²) in [6.07, 6.45) is 0. The second-order valence-electron chi connectivity index (χ2n) is 4.70. The van der Waals surface area contributed by atoms with Crippen LogP contribution in [-0.2, 0) is 6.54 Å². The molecule has 0 aliphatic heterocycles. The molecule has 2 aromatic rings.